The van der Waals surface area contributed by atoms with Crippen LogP contribution in [-0.4, -0.2) is 40.6 Å². The number of carbonyl (C=O) groups is 1. The molecule has 0 saturated heterocycles. The van der Waals surface area contributed by atoms with Crippen molar-refractivity contribution in [2.24, 2.45) is 23.5 Å². The summed E-state index contributed by atoms with van der Waals surface area (Å²) in [5.41, 5.74) is 6.26. The Hall–Kier alpha value is -1.18. The molecular weight excluding hydrogens is 332 g/mol. The summed E-state index contributed by atoms with van der Waals surface area (Å²) in [6.45, 7) is 4.70. The number of nitrogens with zero attached hydrogens (tertiary/aromatic N) is 3. The average Bonchev–Trinajstić information content (AvgIpc) is 3.22. The topological polar surface area (TPSA) is 94.5 Å². The fourth-order valence-electron chi connectivity index (χ4n) is 4.06. The van der Waals surface area contributed by atoms with Gasteiger partial charge in [-0.2, -0.15) is 4.98 Å². The molecule has 2 bridgehead atoms. The average molecular weight is 359 g/mol. The van der Waals surface area contributed by atoms with E-state index >= 15 is 0 Å². The van der Waals surface area contributed by atoms with Gasteiger partial charge in [0.15, 0.2) is 5.82 Å². The number of amides is 1. The number of hydrogen-bond donors (Lipinski definition) is 1. The molecule has 2 saturated carbocycles. The van der Waals surface area contributed by atoms with Crippen molar-refractivity contribution in [3.8, 4) is 0 Å². The van der Waals surface area contributed by atoms with Gasteiger partial charge in [0.1, 0.15) is 6.10 Å². The van der Waals surface area contributed by atoms with Gasteiger partial charge >= 0.3 is 0 Å². The third-order valence-electron chi connectivity index (χ3n) is 5.28. The zero-order valence-electron chi connectivity index (χ0n) is 14.5. The summed E-state index contributed by atoms with van der Waals surface area (Å²) in [7, 11) is 1.77. The first-order valence-electron chi connectivity index (χ1n) is 8.45. The number of aromatic nitrogens is 2. The molecular formula is C16H27ClN4O3. The Balaban J connectivity index is 0.00000208. The van der Waals surface area contributed by atoms with E-state index in [-0.39, 0.29) is 36.4 Å². The lowest BCUT2D eigenvalue weighted by Gasteiger charge is -2.30. The summed E-state index contributed by atoms with van der Waals surface area (Å²) in [4.78, 5) is 18.7. The van der Waals surface area contributed by atoms with Gasteiger partial charge in [0.05, 0.1) is 12.5 Å². The number of fused-ring (bicyclic) bond motifs is 2. The fraction of sp³-hybridized carbons (Fsp3) is 0.812. The molecule has 5 unspecified atom stereocenters. The van der Waals surface area contributed by atoms with Crippen LogP contribution in [0.4, 0.5) is 0 Å². The molecule has 0 aliphatic heterocycles. The molecule has 2 aliphatic rings. The Morgan fingerprint density at radius 1 is 1.46 bits per heavy atom. The minimum atomic E-state index is -0.211. The molecule has 1 aromatic rings. The maximum Gasteiger partial charge on any atom is 0.246 e. The first-order valence-corrected chi connectivity index (χ1v) is 8.45. The number of rotatable bonds is 6. The summed E-state index contributed by atoms with van der Waals surface area (Å²) in [5, 5.41) is 3.92. The highest BCUT2D eigenvalue weighted by Gasteiger charge is 2.49. The van der Waals surface area contributed by atoms with Crippen molar-refractivity contribution in [2.75, 3.05) is 13.7 Å². The van der Waals surface area contributed by atoms with Crippen molar-refractivity contribution in [1.29, 1.82) is 0 Å². The molecule has 1 amide bonds. The predicted octanol–water partition coefficient (Wildman–Crippen LogP) is 1.92. The van der Waals surface area contributed by atoms with E-state index in [0.717, 1.165) is 12.8 Å². The van der Waals surface area contributed by atoms with Crippen LogP contribution < -0.4 is 5.73 Å². The van der Waals surface area contributed by atoms with Gasteiger partial charge in [-0.25, -0.2) is 0 Å². The van der Waals surface area contributed by atoms with Crippen LogP contribution in [0.15, 0.2) is 4.52 Å². The summed E-state index contributed by atoms with van der Waals surface area (Å²) in [5.74, 6) is 1.95. The molecule has 136 valence electrons. The number of nitrogens with two attached hydrogens (primary N) is 1. The molecule has 1 aromatic heterocycles. The lowest BCUT2D eigenvalue weighted by atomic mass is 9.84. The van der Waals surface area contributed by atoms with Crippen molar-refractivity contribution >= 4 is 18.3 Å². The summed E-state index contributed by atoms with van der Waals surface area (Å²) in [6.07, 6.45) is 3.18. The zero-order chi connectivity index (χ0) is 16.6. The Morgan fingerprint density at radius 2 is 2.17 bits per heavy atom. The monoisotopic (exact) mass is 358 g/mol. The number of carbonyl (C=O) groups excluding carboxylic acids is 1. The minimum Gasteiger partial charge on any atom is -0.371 e. The van der Waals surface area contributed by atoms with Crippen molar-refractivity contribution in [2.45, 2.75) is 51.8 Å². The normalized spacial score (nSPS) is 29.3. The van der Waals surface area contributed by atoms with Crippen LogP contribution in [0.5, 0.6) is 0 Å². The SMILES string of the molecule is CCOC(C)c1noc(CN(C)C(=O)C2C3CCC(C3)C2N)n1.Cl. The van der Waals surface area contributed by atoms with Crippen LogP contribution in [-0.2, 0) is 16.1 Å². The Kier molecular flexibility index (Phi) is 6.22. The van der Waals surface area contributed by atoms with E-state index in [1.807, 2.05) is 13.8 Å². The molecule has 0 aromatic carbocycles. The van der Waals surface area contributed by atoms with Crippen molar-refractivity contribution < 1.29 is 14.1 Å². The van der Waals surface area contributed by atoms with Gasteiger partial charge in [-0.05, 0) is 44.9 Å². The smallest absolute Gasteiger partial charge is 0.246 e. The van der Waals surface area contributed by atoms with E-state index in [0.29, 0.717) is 36.7 Å². The van der Waals surface area contributed by atoms with Gasteiger partial charge in [0.2, 0.25) is 11.8 Å². The van der Waals surface area contributed by atoms with Gasteiger partial charge in [-0.3, -0.25) is 4.79 Å². The van der Waals surface area contributed by atoms with Crippen molar-refractivity contribution in [3.63, 3.8) is 0 Å². The van der Waals surface area contributed by atoms with Gasteiger partial charge in [0.25, 0.3) is 0 Å². The van der Waals surface area contributed by atoms with Crippen LogP contribution in [0.2, 0.25) is 0 Å². The molecule has 2 N–H and O–H groups in total. The molecule has 24 heavy (non-hydrogen) atoms. The second-order valence-corrected chi connectivity index (χ2v) is 6.77. The van der Waals surface area contributed by atoms with E-state index in [4.69, 9.17) is 15.0 Å². The molecule has 0 radical (unpaired) electrons. The molecule has 2 aliphatic carbocycles. The highest BCUT2D eigenvalue weighted by Crippen LogP contribution is 2.48. The highest BCUT2D eigenvalue weighted by molar-refractivity contribution is 5.85. The minimum absolute atomic E-state index is 0. The summed E-state index contributed by atoms with van der Waals surface area (Å²) >= 11 is 0. The maximum absolute atomic E-state index is 12.7. The Morgan fingerprint density at radius 3 is 2.79 bits per heavy atom. The number of halogens is 1. The first-order chi connectivity index (χ1) is 11.0. The third kappa shape index (κ3) is 3.58. The third-order valence-corrected chi connectivity index (χ3v) is 5.28. The van der Waals surface area contributed by atoms with E-state index in [1.165, 1.54) is 6.42 Å². The Labute approximate surface area is 148 Å². The highest BCUT2D eigenvalue weighted by atomic mass is 35.5. The van der Waals surface area contributed by atoms with E-state index in [2.05, 4.69) is 10.1 Å². The van der Waals surface area contributed by atoms with Crippen LogP contribution in [0.25, 0.3) is 0 Å². The maximum atomic E-state index is 12.7. The van der Waals surface area contributed by atoms with Crippen LogP contribution >= 0.6 is 12.4 Å². The first kappa shape index (κ1) is 19.1. The van der Waals surface area contributed by atoms with Gasteiger partial charge in [0, 0.05) is 19.7 Å². The molecule has 3 rings (SSSR count). The molecule has 0 spiro atoms. The fourth-order valence-corrected chi connectivity index (χ4v) is 4.06. The second-order valence-electron chi connectivity index (χ2n) is 6.77. The second kappa shape index (κ2) is 7.80. The van der Waals surface area contributed by atoms with Gasteiger partial charge < -0.3 is 19.9 Å². The van der Waals surface area contributed by atoms with Gasteiger partial charge in [-0.1, -0.05) is 5.16 Å². The van der Waals surface area contributed by atoms with Crippen molar-refractivity contribution in [3.05, 3.63) is 11.7 Å². The van der Waals surface area contributed by atoms with E-state index < -0.39 is 0 Å². The lowest BCUT2D eigenvalue weighted by Crippen LogP contribution is -2.45. The van der Waals surface area contributed by atoms with Crippen LogP contribution in [0.1, 0.15) is 50.9 Å². The molecule has 2 fully saturated rings. The number of hydrogen-bond acceptors (Lipinski definition) is 6. The van der Waals surface area contributed by atoms with E-state index in [1.54, 1.807) is 11.9 Å². The molecule has 5 atom stereocenters. The molecule has 1 heterocycles. The predicted molar refractivity (Wildman–Crippen MR) is 90.4 cm³/mol. The zero-order valence-corrected chi connectivity index (χ0v) is 15.3. The number of ether oxygens (including phenoxy) is 1. The summed E-state index contributed by atoms with van der Waals surface area (Å²) in [6, 6.07) is -0.0000717. The summed E-state index contributed by atoms with van der Waals surface area (Å²) < 4.78 is 10.7. The Bertz CT molecular complexity index is 565. The standard InChI is InChI=1S/C16H26N4O3.ClH/c1-4-22-9(2)15-18-12(23-19-15)8-20(3)16(21)13-10-5-6-11(7-10)14(13)17;/h9-11,13-14H,4-8,17H2,1-3H3;1H. The van der Waals surface area contributed by atoms with Crippen LogP contribution in [0, 0.1) is 17.8 Å². The molecule has 8 heteroatoms. The van der Waals surface area contributed by atoms with E-state index in [9.17, 15) is 4.79 Å². The lowest BCUT2D eigenvalue weighted by molar-refractivity contribution is -0.137. The molecule has 7 nitrogen and oxygen atoms in total. The van der Waals surface area contributed by atoms with Gasteiger partial charge in [-0.15, -0.1) is 12.4 Å². The largest absolute Gasteiger partial charge is 0.371 e. The van der Waals surface area contributed by atoms with Crippen molar-refractivity contribution in [1.82, 2.24) is 15.0 Å². The quantitative estimate of drug-likeness (QED) is 0.834. The van der Waals surface area contributed by atoms with Crippen LogP contribution in [0.3, 0.4) is 0 Å².